The van der Waals surface area contributed by atoms with Crippen LogP contribution in [-0.4, -0.2) is 11.1 Å². The first-order valence-corrected chi connectivity index (χ1v) is 5.84. The van der Waals surface area contributed by atoms with E-state index in [9.17, 15) is 18.0 Å². The molecule has 0 unspecified atom stereocenters. The minimum absolute atomic E-state index is 0.0818. The van der Waals surface area contributed by atoms with E-state index in [4.69, 9.17) is 10.8 Å². The predicted molar refractivity (Wildman–Crippen MR) is 72.5 cm³/mol. The van der Waals surface area contributed by atoms with E-state index in [0.717, 1.165) is 12.1 Å². The minimum atomic E-state index is -4.47. The Hall–Kier alpha value is -2.70. The van der Waals surface area contributed by atoms with Crippen LogP contribution in [0.4, 0.5) is 30.2 Å². The molecule has 0 bridgehead atoms. The van der Waals surface area contributed by atoms with Crippen LogP contribution in [0.1, 0.15) is 15.9 Å². The third-order valence-electron chi connectivity index (χ3n) is 2.74. The van der Waals surface area contributed by atoms with E-state index in [0.29, 0.717) is 5.69 Å². The Balaban J connectivity index is 2.39. The van der Waals surface area contributed by atoms with Crippen LogP contribution in [-0.2, 0) is 6.18 Å². The fourth-order valence-electron chi connectivity index (χ4n) is 1.78. The van der Waals surface area contributed by atoms with E-state index in [1.807, 2.05) is 0 Å². The van der Waals surface area contributed by atoms with Crippen molar-refractivity contribution >= 4 is 23.0 Å². The van der Waals surface area contributed by atoms with Crippen molar-refractivity contribution in [3.8, 4) is 0 Å². The molecule has 0 radical (unpaired) electrons. The molecular weight excluding hydrogens is 285 g/mol. The van der Waals surface area contributed by atoms with Crippen molar-refractivity contribution < 1.29 is 23.1 Å². The zero-order chi connectivity index (χ0) is 15.6. The van der Waals surface area contributed by atoms with Gasteiger partial charge in [-0.1, -0.05) is 6.07 Å². The first-order chi connectivity index (χ1) is 9.77. The summed E-state index contributed by atoms with van der Waals surface area (Å²) in [6, 6.07) is 8.51. The van der Waals surface area contributed by atoms with Gasteiger partial charge in [0.25, 0.3) is 0 Å². The highest BCUT2D eigenvalue weighted by atomic mass is 19.4. The smallest absolute Gasteiger partial charge is 0.416 e. The largest absolute Gasteiger partial charge is 0.478 e. The summed E-state index contributed by atoms with van der Waals surface area (Å²) < 4.78 is 37.9. The van der Waals surface area contributed by atoms with Crippen molar-refractivity contribution in [1.29, 1.82) is 0 Å². The summed E-state index contributed by atoms with van der Waals surface area (Å²) in [6.45, 7) is 0. The van der Waals surface area contributed by atoms with E-state index in [1.54, 1.807) is 0 Å². The number of nitrogens with two attached hydrogens (primary N) is 1. The van der Waals surface area contributed by atoms with Crippen LogP contribution >= 0.6 is 0 Å². The Morgan fingerprint density at radius 2 is 1.86 bits per heavy atom. The second-order valence-electron chi connectivity index (χ2n) is 4.31. The standard InChI is InChI=1S/C14H11F3N2O2/c15-14(16,17)8-2-1-3-10(6-8)19-12-7-9(18)4-5-11(12)13(20)21/h1-7,19H,18H2,(H,20,21). The molecule has 0 aliphatic carbocycles. The molecule has 0 aliphatic rings. The molecule has 0 amide bonds. The molecule has 7 heteroatoms. The van der Waals surface area contributed by atoms with Crippen molar-refractivity contribution in [2.75, 3.05) is 11.1 Å². The predicted octanol–water partition coefficient (Wildman–Crippen LogP) is 3.73. The van der Waals surface area contributed by atoms with Gasteiger partial charge in [0.05, 0.1) is 16.8 Å². The van der Waals surface area contributed by atoms with Crippen LogP contribution in [0.25, 0.3) is 0 Å². The highest BCUT2D eigenvalue weighted by Gasteiger charge is 2.30. The fraction of sp³-hybridized carbons (Fsp3) is 0.0714. The monoisotopic (exact) mass is 296 g/mol. The van der Waals surface area contributed by atoms with Crippen molar-refractivity contribution in [2.24, 2.45) is 0 Å². The fourth-order valence-corrected chi connectivity index (χ4v) is 1.78. The van der Waals surface area contributed by atoms with Crippen molar-refractivity contribution in [1.82, 2.24) is 0 Å². The number of anilines is 3. The maximum Gasteiger partial charge on any atom is 0.416 e. The van der Waals surface area contributed by atoms with E-state index in [-0.39, 0.29) is 16.9 Å². The van der Waals surface area contributed by atoms with E-state index in [1.165, 1.54) is 30.3 Å². The molecule has 4 nitrogen and oxygen atoms in total. The quantitative estimate of drug-likeness (QED) is 0.754. The number of nitrogens with one attached hydrogen (secondary N) is 1. The Kier molecular flexibility index (Phi) is 3.75. The van der Waals surface area contributed by atoms with Gasteiger partial charge in [0, 0.05) is 11.4 Å². The molecule has 110 valence electrons. The molecule has 0 aliphatic heterocycles. The minimum Gasteiger partial charge on any atom is -0.478 e. The van der Waals surface area contributed by atoms with Crippen molar-refractivity contribution in [3.63, 3.8) is 0 Å². The number of hydrogen-bond acceptors (Lipinski definition) is 3. The van der Waals surface area contributed by atoms with E-state index >= 15 is 0 Å². The van der Waals surface area contributed by atoms with Crippen LogP contribution in [0.5, 0.6) is 0 Å². The summed E-state index contributed by atoms with van der Waals surface area (Å²) >= 11 is 0. The van der Waals surface area contributed by atoms with Crippen LogP contribution in [0.2, 0.25) is 0 Å². The molecular formula is C14H11F3N2O2. The van der Waals surface area contributed by atoms with Crippen molar-refractivity contribution in [3.05, 3.63) is 53.6 Å². The SMILES string of the molecule is Nc1ccc(C(=O)O)c(Nc2cccc(C(F)(F)F)c2)c1. The Morgan fingerprint density at radius 1 is 1.14 bits per heavy atom. The number of nitrogen functional groups attached to an aromatic ring is 1. The molecule has 0 aromatic heterocycles. The summed E-state index contributed by atoms with van der Waals surface area (Å²) in [5, 5.41) is 11.7. The zero-order valence-corrected chi connectivity index (χ0v) is 10.6. The zero-order valence-electron chi connectivity index (χ0n) is 10.6. The number of alkyl halides is 3. The highest BCUT2D eigenvalue weighted by Crippen LogP contribution is 2.32. The van der Waals surface area contributed by atoms with E-state index in [2.05, 4.69) is 5.32 Å². The summed E-state index contributed by atoms with van der Waals surface area (Å²) in [7, 11) is 0. The maximum absolute atomic E-state index is 12.6. The maximum atomic E-state index is 12.6. The Labute approximate surface area is 118 Å². The lowest BCUT2D eigenvalue weighted by Gasteiger charge is -2.13. The topological polar surface area (TPSA) is 75.4 Å². The van der Waals surface area contributed by atoms with Crippen LogP contribution in [0.15, 0.2) is 42.5 Å². The number of carboxylic acid groups (broad SMARTS) is 1. The molecule has 21 heavy (non-hydrogen) atoms. The molecule has 0 spiro atoms. The lowest BCUT2D eigenvalue weighted by molar-refractivity contribution is -0.137. The molecule has 0 heterocycles. The van der Waals surface area contributed by atoms with Crippen LogP contribution < -0.4 is 11.1 Å². The highest BCUT2D eigenvalue weighted by molar-refractivity contribution is 5.96. The molecule has 0 saturated heterocycles. The average molecular weight is 296 g/mol. The number of carboxylic acids is 1. The summed E-state index contributed by atoms with van der Waals surface area (Å²) in [6.07, 6.45) is -4.47. The average Bonchev–Trinajstić information content (AvgIpc) is 2.37. The number of hydrogen-bond donors (Lipinski definition) is 3. The normalized spacial score (nSPS) is 11.2. The van der Waals surface area contributed by atoms with Gasteiger partial charge in [0.15, 0.2) is 0 Å². The molecule has 2 aromatic rings. The number of halogens is 3. The molecule has 4 N–H and O–H groups in total. The lowest BCUT2D eigenvalue weighted by Crippen LogP contribution is -2.06. The summed E-state index contributed by atoms with van der Waals surface area (Å²) in [5.41, 5.74) is 5.21. The van der Waals surface area contributed by atoms with Gasteiger partial charge < -0.3 is 16.2 Å². The molecule has 0 saturated carbocycles. The second kappa shape index (κ2) is 5.35. The van der Waals surface area contributed by atoms with Crippen LogP contribution in [0, 0.1) is 0 Å². The molecule has 2 rings (SSSR count). The van der Waals surface area contributed by atoms with Gasteiger partial charge in [-0.05, 0) is 36.4 Å². The Morgan fingerprint density at radius 3 is 2.48 bits per heavy atom. The van der Waals surface area contributed by atoms with Gasteiger partial charge in [-0.2, -0.15) is 13.2 Å². The number of aromatic carboxylic acids is 1. The number of benzene rings is 2. The van der Waals surface area contributed by atoms with Gasteiger partial charge in [0.1, 0.15) is 0 Å². The van der Waals surface area contributed by atoms with Gasteiger partial charge in [-0.3, -0.25) is 0 Å². The van der Waals surface area contributed by atoms with E-state index < -0.39 is 17.7 Å². The molecule has 2 aromatic carbocycles. The lowest BCUT2D eigenvalue weighted by atomic mass is 10.1. The van der Waals surface area contributed by atoms with Gasteiger partial charge in [0.2, 0.25) is 0 Å². The van der Waals surface area contributed by atoms with Gasteiger partial charge in [-0.15, -0.1) is 0 Å². The summed E-state index contributed by atoms with van der Waals surface area (Å²) in [5.74, 6) is -1.20. The van der Waals surface area contributed by atoms with Gasteiger partial charge >= 0.3 is 12.1 Å². The number of carbonyl (C=O) groups is 1. The second-order valence-corrected chi connectivity index (χ2v) is 4.31. The van der Waals surface area contributed by atoms with Crippen LogP contribution in [0.3, 0.4) is 0 Å². The summed E-state index contributed by atoms with van der Waals surface area (Å²) in [4.78, 5) is 11.1. The number of rotatable bonds is 3. The first kappa shape index (κ1) is 14.7. The third kappa shape index (κ3) is 3.44. The molecule has 0 fully saturated rings. The van der Waals surface area contributed by atoms with Crippen molar-refractivity contribution in [2.45, 2.75) is 6.18 Å². The first-order valence-electron chi connectivity index (χ1n) is 5.84. The molecule has 0 atom stereocenters. The Bertz CT molecular complexity index is 684. The van der Waals surface area contributed by atoms with Gasteiger partial charge in [-0.25, -0.2) is 4.79 Å². The third-order valence-corrected chi connectivity index (χ3v) is 2.74.